The van der Waals surface area contributed by atoms with Crippen LogP contribution in [0.3, 0.4) is 0 Å². The van der Waals surface area contributed by atoms with Crippen molar-refractivity contribution in [3.8, 4) is 0 Å². The van der Waals surface area contributed by atoms with Gasteiger partial charge in [0.15, 0.2) is 0 Å². The monoisotopic (exact) mass is 180 g/mol. The molecule has 3 N–H and O–H groups in total. The fourth-order valence-electron chi connectivity index (χ4n) is 1.11. The minimum absolute atomic E-state index is 0.0167. The molecular formula is C10H16N2O. The first-order valence-electron chi connectivity index (χ1n) is 4.46. The zero-order valence-electron chi connectivity index (χ0n) is 8.07. The van der Waals surface area contributed by atoms with E-state index in [-0.39, 0.29) is 12.6 Å². The second kappa shape index (κ2) is 4.35. The van der Waals surface area contributed by atoms with Crippen LogP contribution in [0.15, 0.2) is 18.3 Å². The van der Waals surface area contributed by atoms with Crippen LogP contribution in [0.25, 0.3) is 0 Å². The van der Waals surface area contributed by atoms with Crippen LogP contribution in [0.1, 0.15) is 31.1 Å². The van der Waals surface area contributed by atoms with E-state index in [2.05, 4.69) is 18.8 Å². The maximum Gasteiger partial charge on any atom is 0.0852 e. The summed E-state index contributed by atoms with van der Waals surface area (Å²) in [6, 6.07) is 3.75. The third-order valence-corrected chi connectivity index (χ3v) is 2.11. The van der Waals surface area contributed by atoms with Crippen molar-refractivity contribution >= 4 is 0 Å². The molecular weight excluding hydrogens is 164 g/mol. The molecule has 0 spiro atoms. The Kier molecular flexibility index (Phi) is 3.39. The van der Waals surface area contributed by atoms with Gasteiger partial charge in [0, 0.05) is 12.2 Å². The molecule has 13 heavy (non-hydrogen) atoms. The van der Waals surface area contributed by atoms with Gasteiger partial charge in [-0.05, 0) is 17.5 Å². The summed E-state index contributed by atoms with van der Waals surface area (Å²) in [5, 5.41) is 8.78. The molecule has 0 saturated heterocycles. The van der Waals surface area contributed by atoms with Gasteiger partial charge < -0.3 is 10.8 Å². The normalized spacial score (nSPS) is 13.3. The van der Waals surface area contributed by atoms with Gasteiger partial charge in [-0.3, -0.25) is 4.98 Å². The van der Waals surface area contributed by atoms with E-state index in [0.717, 1.165) is 5.56 Å². The van der Waals surface area contributed by atoms with Gasteiger partial charge in [0.05, 0.1) is 12.3 Å². The molecule has 0 saturated carbocycles. The lowest BCUT2D eigenvalue weighted by molar-refractivity contribution is 0.276. The SMILES string of the molecule is CC(C)[C@@H](N)c1ccc(CO)nc1. The fourth-order valence-corrected chi connectivity index (χ4v) is 1.11. The highest BCUT2D eigenvalue weighted by molar-refractivity contribution is 5.17. The fraction of sp³-hybridized carbons (Fsp3) is 0.500. The van der Waals surface area contributed by atoms with Gasteiger partial charge in [-0.1, -0.05) is 19.9 Å². The Labute approximate surface area is 78.6 Å². The number of pyridine rings is 1. The summed E-state index contributed by atoms with van der Waals surface area (Å²) in [4.78, 5) is 4.07. The zero-order chi connectivity index (χ0) is 9.84. The molecule has 0 aliphatic carbocycles. The van der Waals surface area contributed by atoms with Crippen molar-refractivity contribution in [2.45, 2.75) is 26.5 Å². The van der Waals surface area contributed by atoms with Gasteiger partial charge in [-0.2, -0.15) is 0 Å². The molecule has 0 bridgehead atoms. The summed E-state index contributed by atoms with van der Waals surface area (Å²) in [7, 11) is 0. The zero-order valence-corrected chi connectivity index (χ0v) is 8.07. The molecule has 1 atom stereocenters. The first kappa shape index (κ1) is 10.2. The molecule has 0 aromatic carbocycles. The molecule has 1 heterocycles. The Hall–Kier alpha value is -0.930. The number of hydrogen-bond acceptors (Lipinski definition) is 3. The van der Waals surface area contributed by atoms with Gasteiger partial charge in [0.2, 0.25) is 0 Å². The largest absolute Gasteiger partial charge is 0.390 e. The van der Waals surface area contributed by atoms with Gasteiger partial charge in [0.25, 0.3) is 0 Å². The van der Waals surface area contributed by atoms with E-state index in [9.17, 15) is 0 Å². The summed E-state index contributed by atoms with van der Waals surface area (Å²) in [6.07, 6.45) is 1.73. The Bertz CT molecular complexity index is 256. The Morgan fingerprint density at radius 3 is 2.54 bits per heavy atom. The molecule has 0 aliphatic rings. The van der Waals surface area contributed by atoms with Crippen molar-refractivity contribution in [1.82, 2.24) is 4.98 Å². The third kappa shape index (κ3) is 2.50. The smallest absolute Gasteiger partial charge is 0.0852 e. The second-order valence-corrected chi connectivity index (χ2v) is 3.51. The van der Waals surface area contributed by atoms with Crippen LogP contribution in [0.5, 0.6) is 0 Å². The van der Waals surface area contributed by atoms with Crippen LogP contribution < -0.4 is 5.73 Å². The van der Waals surface area contributed by atoms with E-state index in [1.54, 1.807) is 12.3 Å². The number of hydrogen-bond donors (Lipinski definition) is 2. The van der Waals surface area contributed by atoms with Crippen LogP contribution in [-0.4, -0.2) is 10.1 Å². The number of nitrogens with zero attached hydrogens (tertiary/aromatic N) is 1. The highest BCUT2D eigenvalue weighted by Gasteiger charge is 2.09. The van der Waals surface area contributed by atoms with Crippen LogP contribution in [-0.2, 0) is 6.61 Å². The average Bonchev–Trinajstić information content (AvgIpc) is 2.17. The van der Waals surface area contributed by atoms with Gasteiger partial charge >= 0.3 is 0 Å². The van der Waals surface area contributed by atoms with E-state index in [1.807, 2.05) is 6.07 Å². The van der Waals surface area contributed by atoms with Crippen LogP contribution in [0.4, 0.5) is 0 Å². The lowest BCUT2D eigenvalue weighted by Gasteiger charge is -2.15. The summed E-state index contributed by atoms with van der Waals surface area (Å²) < 4.78 is 0. The standard InChI is InChI=1S/C10H16N2O/c1-7(2)10(11)8-3-4-9(6-13)12-5-8/h3-5,7,10,13H,6,11H2,1-2H3/t10-/m1/s1. The number of rotatable bonds is 3. The van der Waals surface area contributed by atoms with E-state index in [4.69, 9.17) is 10.8 Å². The van der Waals surface area contributed by atoms with E-state index in [0.29, 0.717) is 11.6 Å². The number of aliphatic hydroxyl groups excluding tert-OH is 1. The molecule has 72 valence electrons. The topological polar surface area (TPSA) is 59.1 Å². The molecule has 0 unspecified atom stereocenters. The lowest BCUT2D eigenvalue weighted by Crippen LogP contribution is -2.16. The van der Waals surface area contributed by atoms with E-state index >= 15 is 0 Å². The number of nitrogens with two attached hydrogens (primary N) is 1. The first-order chi connectivity index (χ1) is 6.15. The van der Waals surface area contributed by atoms with Crippen molar-refractivity contribution < 1.29 is 5.11 Å². The molecule has 0 amide bonds. The predicted octanol–water partition coefficient (Wildman–Crippen LogP) is 1.23. The van der Waals surface area contributed by atoms with E-state index < -0.39 is 0 Å². The summed E-state index contributed by atoms with van der Waals surface area (Å²) in [5.41, 5.74) is 7.63. The van der Waals surface area contributed by atoms with Crippen molar-refractivity contribution in [1.29, 1.82) is 0 Å². The van der Waals surface area contributed by atoms with Crippen LogP contribution in [0, 0.1) is 5.92 Å². The third-order valence-electron chi connectivity index (χ3n) is 2.11. The number of aliphatic hydroxyl groups is 1. The van der Waals surface area contributed by atoms with Gasteiger partial charge in [-0.25, -0.2) is 0 Å². The lowest BCUT2D eigenvalue weighted by atomic mass is 9.98. The van der Waals surface area contributed by atoms with Gasteiger partial charge in [-0.15, -0.1) is 0 Å². The quantitative estimate of drug-likeness (QED) is 0.735. The highest BCUT2D eigenvalue weighted by atomic mass is 16.3. The first-order valence-corrected chi connectivity index (χ1v) is 4.46. The molecule has 3 nitrogen and oxygen atoms in total. The molecule has 0 radical (unpaired) electrons. The summed E-state index contributed by atoms with van der Waals surface area (Å²) >= 11 is 0. The molecule has 3 heteroatoms. The Balaban J connectivity index is 2.79. The molecule has 1 rings (SSSR count). The highest BCUT2D eigenvalue weighted by Crippen LogP contribution is 2.17. The molecule has 0 aliphatic heterocycles. The summed E-state index contributed by atoms with van der Waals surface area (Å²) in [5.74, 6) is 0.404. The Morgan fingerprint density at radius 2 is 2.15 bits per heavy atom. The van der Waals surface area contributed by atoms with Crippen molar-refractivity contribution in [2.75, 3.05) is 0 Å². The van der Waals surface area contributed by atoms with Crippen LogP contribution >= 0.6 is 0 Å². The molecule has 1 aromatic heterocycles. The van der Waals surface area contributed by atoms with Crippen LogP contribution in [0.2, 0.25) is 0 Å². The van der Waals surface area contributed by atoms with Gasteiger partial charge in [0.1, 0.15) is 0 Å². The predicted molar refractivity (Wildman–Crippen MR) is 51.9 cm³/mol. The van der Waals surface area contributed by atoms with E-state index in [1.165, 1.54) is 0 Å². The van der Waals surface area contributed by atoms with Crippen molar-refractivity contribution in [2.24, 2.45) is 11.7 Å². The second-order valence-electron chi connectivity index (χ2n) is 3.51. The van der Waals surface area contributed by atoms with Crippen molar-refractivity contribution in [3.05, 3.63) is 29.6 Å². The summed E-state index contributed by atoms with van der Waals surface area (Å²) in [6.45, 7) is 4.13. The maximum atomic E-state index is 8.78. The minimum Gasteiger partial charge on any atom is -0.390 e. The average molecular weight is 180 g/mol. The Morgan fingerprint density at radius 1 is 1.46 bits per heavy atom. The van der Waals surface area contributed by atoms with Crippen molar-refractivity contribution in [3.63, 3.8) is 0 Å². The molecule has 0 fully saturated rings. The minimum atomic E-state index is -0.0167. The molecule has 1 aromatic rings. The maximum absolute atomic E-state index is 8.78. The number of aromatic nitrogens is 1.